The Morgan fingerprint density at radius 1 is 1.50 bits per heavy atom. The third kappa shape index (κ3) is 3.56. The molecule has 0 aliphatic heterocycles. The Morgan fingerprint density at radius 3 is 3.10 bits per heavy atom. The van der Waals surface area contributed by atoms with Crippen molar-refractivity contribution in [1.82, 2.24) is 9.78 Å². The number of rotatable bonds is 6. The number of nitriles is 1. The first-order valence-corrected chi connectivity index (χ1v) is 6.16. The number of nitrogens with one attached hydrogen (secondary N) is 1. The molecule has 1 aromatic carbocycles. The molecule has 0 spiro atoms. The van der Waals surface area contributed by atoms with E-state index in [4.69, 9.17) is 10.00 Å². The Hall–Kier alpha value is -2.39. The van der Waals surface area contributed by atoms with E-state index in [-0.39, 0.29) is 5.56 Å². The summed E-state index contributed by atoms with van der Waals surface area (Å²) in [5.41, 5.74) is 1.76. The maximum absolute atomic E-state index is 13.2. The minimum absolute atomic E-state index is 0.0556. The molecule has 5 nitrogen and oxygen atoms in total. The smallest absolute Gasteiger partial charge is 0.140 e. The maximum Gasteiger partial charge on any atom is 0.140 e. The van der Waals surface area contributed by atoms with Gasteiger partial charge < -0.3 is 10.1 Å². The van der Waals surface area contributed by atoms with Crippen LogP contribution in [-0.2, 0) is 17.8 Å². The maximum atomic E-state index is 13.2. The van der Waals surface area contributed by atoms with Crippen molar-refractivity contribution in [3.8, 4) is 6.07 Å². The molecule has 1 aromatic heterocycles. The monoisotopic (exact) mass is 274 g/mol. The van der Waals surface area contributed by atoms with Gasteiger partial charge in [0.25, 0.3) is 0 Å². The molecule has 1 heterocycles. The van der Waals surface area contributed by atoms with Crippen LogP contribution in [0.2, 0.25) is 0 Å². The van der Waals surface area contributed by atoms with Gasteiger partial charge in [-0.3, -0.25) is 4.68 Å². The van der Waals surface area contributed by atoms with Gasteiger partial charge in [0.15, 0.2) is 0 Å². The molecule has 0 radical (unpaired) electrons. The van der Waals surface area contributed by atoms with E-state index in [1.54, 1.807) is 24.1 Å². The highest BCUT2D eigenvalue weighted by Crippen LogP contribution is 2.12. The Morgan fingerprint density at radius 2 is 2.35 bits per heavy atom. The van der Waals surface area contributed by atoms with Crippen LogP contribution in [-0.4, -0.2) is 23.5 Å². The van der Waals surface area contributed by atoms with Crippen molar-refractivity contribution in [2.45, 2.75) is 13.1 Å². The van der Waals surface area contributed by atoms with Crippen molar-refractivity contribution in [2.75, 3.05) is 19.0 Å². The lowest BCUT2D eigenvalue weighted by Gasteiger charge is -2.04. The molecule has 0 unspecified atom stereocenters. The summed E-state index contributed by atoms with van der Waals surface area (Å²) < 4.78 is 19.9. The largest absolute Gasteiger partial charge is 0.383 e. The molecule has 0 bridgehead atoms. The molecule has 0 atom stereocenters. The number of hydrogen-bond acceptors (Lipinski definition) is 4. The third-order valence-corrected chi connectivity index (χ3v) is 2.81. The summed E-state index contributed by atoms with van der Waals surface area (Å²) in [6, 6.07) is 6.32. The second kappa shape index (κ2) is 6.68. The van der Waals surface area contributed by atoms with Crippen LogP contribution in [0.3, 0.4) is 0 Å². The first kappa shape index (κ1) is 14.0. The fourth-order valence-electron chi connectivity index (χ4n) is 1.73. The second-order valence-electron chi connectivity index (χ2n) is 4.26. The van der Waals surface area contributed by atoms with Crippen molar-refractivity contribution < 1.29 is 9.13 Å². The fraction of sp³-hybridized carbons (Fsp3) is 0.286. The van der Waals surface area contributed by atoms with Crippen LogP contribution >= 0.6 is 0 Å². The van der Waals surface area contributed by atoms with E-state index in [0.29, 0.717) is 19.7 Å². The van der Waals surface area contributed by atoms with Gasteiger partial charge in [0.1, 0.15) is 11.9 Å². The van der Waals surface area contributed by atoms with Gasteiger partial charge in [0.05, 0.1) is 30.6 Å². The van der Waals surface area contributed by atoms with E-state index in [1.165, 1.54) is 12.1 Å². The SMILES string of the molecule is COCCn1cc(NCc2ccc(F)c(C#N)c2)cn1. The van der Waals surface area contributed by atoms with E-state index in [0.717, 1.165) is 11.3 Å². The number of nitrogens with zero attached hydrogens (tertiary/aromatic N) is 3. The van der Waals surface area contributed by atoms with Crippen LogP contribution in [0.15, 0.2) is 30.6 Å². The third-order valence-electron chi connectivity index (χ3n) is 2.81. The number of halogens is 1. The van der Waals surface area contributed by atoms with Gasteiger partial charge in [-0.25, -0.2) is 4.39 Å². The Bertz CT molecular complexity index is 618. The average molecular weight is 274 g/mol. The van der Waals surface area contributed by atoms with Gasteiger partial charge >= 0.3 is 0 Å². The van der Waals surface area contributed by atoms with Crippen molar-refractivity contribution in [3.05, 3.63) is 47.5 Å². The minimum atomic E-state index is -0.497. The highest BCUT2D eigenvalue weighted by atomic mass is 19.1. The lowest BCUT2D eigenvalue weighted by Crippen LogP contribution is -2.04. The van der Waals surface area contributed by atoms with Crippen LogP contribution in [0.25, 0.3) is 0 Å². The first-order valence-electron chi connectivity index (χ1n) is 6.16. The lowest BCUT2D eigenvalue weighted by molar-refractivity contribution is 0.183. The predicted molar refractivity (Wildman–Crippen MR) is 72.5 cm³/mol. The van der Waals surface area contributed by atoms with Crippen molar-refractivity contribution in [2.24, 2.45) is 0 Å². The highest BCUT2D eigenvalue weighted by molar-refractivity contribution is 5.41. The number of aromatic nitrogens is 2. The van der Waals surface area contributed by atoms with Crippen LogP contribution in [0.1, 0.15) is 11.1 Å². The van der Waals surface area contributed by atoms with E-state index < -0.39 is 5.82 Å². The van der Waals surface area contributed by atoms with E-state index in [1.807, 2.05) is 12.3 Å². The second-order valence-corrected chi connectivity index (χ2v) is 4.26. The van der Waals surface area contributed by atoms with Crippen molar-refractivity contribution >= 4 is 5.69 Å². The zero-order valence-electron chi connectivity index (χ0n) is 11.1. The molecule has 0 saturated carbocycles. The van der Waals surface area contributed by atoms with Crippen molar-refractivity contribution in [3.63, 3.8) is 0 Å². The summed E-state index contributed by atoms with van der Waals surface area (Å²) in [6.45, 7) is 1.79. The zero-order chi connectivity index (χ0) is 14.4. The summed E-state index contributed by atoms with van der Waals surface area (Å²) in [4.78, 5) is 0. The van der Waals surface area contributed by atoms with E-state index in [2.05, 4.69) is 10.4 Å². The van der Waals surface area contributed by atoms with Gasteiger partial charge in [-0.2, -0.15) is 10.4 Å². The van der Waals surface area contributed by atoms with Gasteiger partial charge in [-0.1, -0.05) is 6.07 Å². The Kier molecular flexibility index (Phi) is 4.69. The molecule has 0 amide bonds. The number of ether oxygens (including phenoxy) is 1. The van der Waals surface area contributed by atoms with Crippen LogP contribution in [0.4, 0.5) is 10.1 Å². The topological polar surface area (TPSA) is 62.9 Å². The molecule has 2 rings (SSSR count). The van der Waals surface area contributed by atoms with Crippen LogP contribution in [0.5, 0.6) is 0 Å². The average Bonchev–Trinajstić information content (AvgIpc) is 2.92. The summed E-state index contributed by atoms with van der Waals surface area (Å²) in [6.07, 6.45) is 3.58. The zero-order valence-corrected chi connectivity index (χ0v) is 11.1. The van der Waals surface area contributed by atoms with Crippen molar-refractivity contribution in [1.29, 1.82) is 5.26 Å². The normalized spacial score (nSPS) is 10.2. The van der Waals surface area contributed by atoms with Gasteiger partial charge in [0, 0.05) is 19.9 Å². The molecule has 2 aromatic rings. The van der Waals surface area contributed by atoms with Gasteiger partial charge in [-0.15, -0.1) is 0 Å². The number of methoxy groups -OCH3 is 1. The van der Waals surface area contributed by atoms with E-state index >= 15 is 0 Å². The van der Waals surface area contributed by atoms with Gasteiger partial charge in [0.2, 0.25) is 0 Å². The van der Waals surface area contributed by atoms with Crippen LogP contribution < -0.4 is 5.32 Å². The molecular formula is C14H15FN4O. The quantitative estimate of drug-likeness (QED) is 0.876. The lowest BCUT2D eigenvalue weighted by atomic mass is 10.1. The molecular weight excluding hydrogens is 259 g/mol. The molecule has 0 aliphatic rings. The van der Waals surface area contributed by atoms with E-state index in [9.17, 15) is 4.39 Å². The molecule has 0 saturated heterocycles. The number of anilines is 1. The molecule has 104 valence electrons. The first-order chi connectivity index (χ1) is 9.72. The predicted octanol–water partition coefficient (Wildman–Crippen LogP) is 2.15. The summed E-state index contributed by atoms with van der Waals surface area (Å²) >= 11 is 0. The molecule has 0 fully saturated rings. The standard InChI is InChI=1S/C14H15FN4O/c1-20-5-4-19-10-13(9-18-19)17-8-11-2-3-14(15)12(6-11)7-16/h2-3,6,9-10,17H,4-5,8H2,1H3. The molecule has 1 N–H and O–H groups in total. The summed E-state index contributed by atoms with van der Waals surface area (Å²) in [5.74, 6) is -0.497. The number of hydrogen-bond donors (Lipinski definition) is 1. The molecule has 20 heavy (non-hydrogen) atoms. The minimum Gasteiger partial charge on any atom is -0.383 e. The molecule has 0 aliphatic carbocycles. The highest BCUT2D eigenvalue weighted by Gasteiger charge is 2.03. The summed E-state index contributed by atoms with van der Waals surface area (Å²) in [7, 11) is 1.64. The summed E-state index contributed by atoms with van der Waals surface area (Å²) in [5, 5.41) is 16.1. The Balaban J connectivity index is 1.95. The fourth-order valence-corrected chi connectivity index (χ4v) is 1.73. The molecule has 6 heteroatoms. The Labute approximate surface area is 116 Å². The number of benzene rings is 1. The van der Waals surface area contributed by atoms with Crippen LogP contribution in [0, 0.1) is 17.1 Å². The van der Waals surface area contributed by atoms with Gasteiger partial charge in [-0.05, 0) is 17.7 Å².